The van der Waals surface area contributed by atoms with Crippen molar-refractivity contribution in [2.24, 2.45) is 5.92 Å². The van der Waals surface area contributed by atoms with Gasteiger partial charge in [0.15, 0.2) is 0 Å². The normalized spacial score (nSPS) is 28.6. The number of nitrogens with zero attached hydrogens (tertiary/aromatic N) is 1. The van der Waals surface area contributed by atoms with Crippen molar-refractivity contribution in [3.63, 3.8) is 0 Å². The van der Waals surface area contributed by atoms with Gasteiger partial charge in [0.25, 0.3) is 0 Å². The lowest BCUT2D eigenvalue weighted by Gasteiger charge is -2.33. The molecule has 1 amide bonds. The number of hydrogen-bond donors (Lipinski definition) is 1. The van der Waals surface area contributed by atoms with Gasteiger partial charge in [-0.15, -0.1) is 12.4 Å². The number of hydrogen-bond acceptors (Lipinski definition) is 3. The molecule has 23 heavy (non-hydrogen) atoms. The lowest BCUT2D eigenvalue weighted by atomic mass is 9.89. The maximum Gasteiger partial charge on any atom is 0.227 e. The second-order valence-corrected chi connectivity index (χ2v) is 6.69. The average Bonchev–Trinajstić information content (AvgIpc) is 2.85. The minimum absolute atomic E-state index is 0. The van der Waals surface area contributed by atoms with Crippen LogP contribution in [0, 0.1) is 11.7 Å². The molecule has 3 aliphatic heterocycles. The molecule has 3 aliphatic rings. The number of fused-ring (bicyclic) bond motifs is 3. The third-order valence-electron chi connectivity index (χ3n) is 5.12. The van der Waals surface area contributed by atoms with Crippen molar-refractivity contribution in [1.82, 2.24) is 5.32 Å². The molecule has 0 aromatic heterocycles. The predicted octanol–water partition coefficient (Wildman–Crippen LogP) is 2.89. The van der Waals surface area contributed by atoms with Gasteiger partial charge in [-0.1, -0.05) is 0 Å². The zero-order valence-corrected chi connectivity index (χ0v) is 13.8. The van der Waals surface area contributed by atoms with Gasteiger partial charge in [0.2, 0.25) is 5.91 Å². The molecule has 6 heteroatoms. The van der Waals surface area contributed by atoms with E-state index in [0.29, 0.717) is 49.0 Å². The van der Waals surface area contributed by atoms with E-state index in [0.717, 1.165) is 12.8 Å². The monoisotopic (exact) mass is 340 g/mol. The van der Waals surface area contributed by atoms with Crippen LogP contribution in [0.1, 0.15) is 32.1 Å². The fourth-order valence-electron chi connectivity index (χ4n) is 4.15. The van der Waals surface area contributed by atoms with E-state index in [9.17, 15) is 9.18 Å². The quantitative estimate of drug-likeness (QED) is 0.900. The molecule has 3 heterocycles. The standard InChI is InChI=1S/C17H21FN2O2.ClH/c18-12-1-4-15-16(10-12)22-6-5-20(15)17(21)9-11-7-13-2-3-14(8-11)19-13;/h1,4,10-11,13-14,19H,2-3,5-9H2;1H. The van der Waals surface area contributed by atoms with Crippen LogP contribution in [0.2, 0.25) is 0 Å². The Bertz CT molecular complexity index is 586. The number of carbonyl (C=O) groups is 1. The molecule has 1 N–H and O–H groups in total. The first-order chi connectivity index (χ1) is 10.7. The Morgan fingerprint density at radius 1 is 1.30 bits per heavy atom. The van der Waals surface area contributed by atoms with Gasteiger partial charge in [-0.2, -0.15) is 0 Å². The summed E-state index contributed by atoms with van der Waals surface area (Å²) in [5.41, 5.74) is 0.703. The van der Waals surface area contributed by atoms with Crippen molar-refractivity contribution < 1.29 is 13.9 Å². The van der Waals surface area contributed by atoms with E-state index in [4.69, 9.17) is 4.74 Å². The number of halogens is 2. The second kappa shape index (κ2) is 6.65. The van der Waals surface area contributed by atoms with Crippen LogP contribution in [-0.2, 0) is 4.79 Å². The van der Waals surface area contributed by atoms with E-state index in [2.05, 4.69) is 5.32 Å². The van der Waals surface area contributed by atoms with Gasteiger partial charge in [-0.25, -0.2) is 4.39 Å². The molecule has 0 radical (unpaired) electrons. The first kappa shape index (κ1) is 16.5. The summed E-state index contributed by atoms with van der Waals surface area (Å²) in [6.07, 6.45) is 5.28. The smallest absolute Gasteiger partial charge is 0.227 e. The molecule has 0 aliphatic carbocycles. The zero-order chi connectivity index (χ0) is 15.1. The van der Waals surface area contributed by atoms with E-state index >= 15 is 0 Å². The largest absolute Gasteiger partial charge is 0.489 e. The van der Waals surface area contributed by atoms with Gasteiger partial charge >= 0.3 is 0 Å². The van der Waals surface area contributed by atoms with Gasteiger partial charge in [0.05, 0.1) is 12.2 Å². The van der Waals surface area contributed by atoms with Crippen LogP contribution < -0.4 is 15.0 Å². The van der Waals surface area contributed by atoms with Crippen LogP contribution in [0.4, 0.5) is 10.1 Å². The maximum absolute atomic E-state index is 13.3. The fourth-order valence-corrected chi connectivity index (χ4v) is 4.15. The lowest BCUT2D eigenvalue weighted by molar-refractivity contribution is -0.120. The summed E-state index contributed by atoms with van der Waals surface area (Å²) in [5, 5.41) is 3.61. The van der Waals surface area contributed by atoms with Gasteiger partial charge in [0, 0.05) is 24.6 Å². The summed E-state index contributed by atoms with van der Waals surface area (Å²) in [7, 11) is 0. The molecule has 1 aromatic carbocycles. The summed E-state index contributed by atoms with van der Waals surface area (Å²) in [6, 6.07) is 5.59. The van der Waals surface area contributed by atoms with Crippen molar-refractivity contribution in [3.05, 3.63) is 24.0 Å². The number of amides is 1. The summed E-state index contributed by atoms with van der Waals surface area (Å²) in [4.78, 5) is 14.5. The topological polar surface area (TPSA) is 41.6 Å². The van der Waals surface area contributed by atoms with Crippen LogP contribution in [0.25, 0.3) is 0 Å². The second-order valence-electron chi connectivity index (χ2n) is 6.69. The van der Waals surface area contributed by atoms with Crippen molar-refractivity contribution >= 4 is 24.0 Å². The average molecular weight is 341 g/mol. The van der Waals surface area contributed by atoms with Crippen LogP contribution >= 0.6 is 12.4 Å². The van der Waals surface area contributed by atoms with E-state index in [1.807, 2.05) is 0 Å². The molecule has 2 bridgehead atoms. The van der Waals surface area contributed by atoms with Gasteiger partial charge in [0.1, 0.15) is 18.2 Å². The molecule has 0 saturated carbocycles. The molecule has 2 fully saturated rings. The van der Waals surface area contributed by atoms with Crippen LogP contribution in [0.3, 0.4) is 0 Å². The number of nitrogens with one attached hydrogen (secondary N) is 1. The molecule has 0 spiro atoms. The van der Waals surface area contributed by atoms with Crippen molar-refractivity contribution in [3.8, 4) is 5.75 Å². The maximum atomic E-state index is 13.3. The van der Waals surface area contributed by atoms with E-state index in [1.54, 1.807) is 11.0 Å². The van der Waals surface area contributed by atoms with Crippen LogP contribution in [0.15, 0.2) is 18.2 Å². The fraction of sp³-hybridized carbons (Fsp3) is 0.588. The summed E-state index contributed by atoms with van der Waals surface area (Å²) >= 11 is 0. The Kier molecular flexibility index (Phi) is 4.78. The van der Waals surface area contributed by atoms with Crippen molar-refractivity contribution in [2.75, 3.05) is 18.1 Å². The van der Waals surface area contributed by atoms with Gasteiger partial charge < -0.3 is 15.0 Å². The molecular formula is C17H22ClFN2O2. The molecule has 4 rings (SSSR count). The first-order valence-electron chi connectivity index (χ1n) is 8.18. The van der Waals surface area contributed by atoms with Crippen molar-refractivity contribution in [1.29, 1.82) is 0 Å². The molecule has 2 unspecified atom stereocenters. The Labute approximate surface area is 141 Å². The molecular weight excluding hydrogens is 319 g/mol. The number of ether oxygens (including phenoxy) is 1. The highest BCUT2D eigenvalue weighted by molar-refractivity contribution is 5.95. The lowest BCUT2D eigenvalue weighted by Crippen LogP contribution is -2.42. The Hall–Kier alpha value is -1.33. The first-order valence-corrected chi connectivity index (χ1v) is 8.18. The van der Waals surface area contributed by atoms with E-state index in [1.165, 1.54) is 25.0 Å². The zero-order valence-electron chi connectivity index (χ0n) is 13.0. The third-order valence-corrected chi connectivity index (χ3v) is 5.12. The Morgan fingerprint density at radius 3 is 2.78 bits per heavy atom. The third kappa shape index (κ3) is 3.31. The van der Waals surface area contributed by atoms with Gasteiger partial charge in [-0.3, -0.25) is 4.79 Å². The summed E-state index contributed by atoms with van der Waals surface area (Å²) in [6.45, 7) is 0.981. The highest BCUT2D eigenvalue weighted by atomic mass is 35.5. The number of rotatable bonds is 2. The Morgan fingerprint density at radius 2 is 2.04 bits per heavy atom. The molecule has 2 atom stereocenters. The van der Waals surface area contributed by atoms with E-state index in [-0.39, 0.29) is 24.1 Å². The molecule has 126 valence electrons. The Balaban J connectivity index is 0.00000156. The number of carbonyl (C=O) groups excluding carboxylic acids is 1. The SMILES string of the molecule is Cl.O=C(CC1CC2CCC(C1)N2)N1CCOc2cc(F)ccc21. The minimum atomic E-state index is -0.331. The van der Waals surface area contributed by atoms with Crippen LogP contribution in [0.5, 0.6) is 5.75 Å². The summed E-state index contributed by atoms with van der Waals surface area (Å²) < 4.78 is 18.8. The summed E-state index contributed by atoms with van der Waals surface area (Å²) in [5.74, 6) is 0.758. The highest BCUT2D eigenvalue weighted by Gasteiger charge is 2.35. The number of anilines is 1. The number of piperidine rings is 1. The molecule has 1 aromatic rings. The van der Waals surface area contributed by atoms with Gasteiger partial charge in [-0.05, 0) is 43.7 Å². The highest BCUT2D eigenvalue weighted by Crippen LogP contribution is 2.36. The molecule has 4 nitrogen and oxygen atoms in total. The van der Waals surface area contributed by atoms with E-state index < -0.39 is 0 Å². The minimum Gasteiger partial charge on any atom is -0.489 e. The van der Waals surface area contributed by atoms with Crippen LogP contribution in [-0.4, -0.2) is 31.1 Å². The number of benzene rings is 1. The van der Waals surface area contributed by atoms with Crippen molar-refractivity contribution in [2.45, 2.75) is 44.2 Å². The molecule has 2 saturated heterocycles. The predicted molar refractivity (Wildman–Crippen MR) is 88.8 cm³/mol.